The lowest BCUT2D eigenvalue weighted by Crippen LogP contribution is -2.21. The predicted molar refractivity (Wildman–Crippen MR) is 71.1 cm³/mol. The van der Waals surface area contributed by atoms with Crippen LogP contribution in [0.3, 0.4) is 0 Å². The molecule has 0 fully saturated rings. The molecule has 0 unspecified atom stereocenters. The third-order valence-corrected chi connectivity index (χ3v) is 2.66. The first-order chi connectivity index (χ1) is 8.61. The topological polar surface area (TPSA) is 51.5 Å². The zero-order valence-electron chi connectivity index (χ0n) is 10.6. The van der Waals surface area contributed by atoms with Crippen LogP contribution in [0.4, 0.5) is 0 Å². The zero-order valence-corrected chi connectivity index (χ0v) is 10.6. The number of nitrogens with zero attached hydrogens (tertiary/aromatic N) is 1. The maximum atomic E-state index is 12.1. The Bertz CT molecular complexity index is 602. The fraction of sp³-hybridized carbons (Fsp3) is 0.357. The quantitative estimate of drug-likeness (QED) is 0.896. The van der Waals surface area contributed by atoms with E-state index in [9.17, 15) is 4.79 Å². The molecule has 96 valence electrons. The van der Waals surface area contributed by atoms with E-state index < -0.39 is 0 Å². The Kier molecular flexibility index (Phi) is 3.67. The van der Waals surface area contributed by atoms with E-state index in [-0.39, 0.29) is 18.3 Å². The van der Waals surface area contributed by atoms with Crippen LogP contribution in [0.2, 0.25) is 0 Å². The van der Waals surface area contributed by atoms with Crippen LogP contribution in [0.25, 0.3) is 10.8 Å². The lowest BCUT2D eigenvalue weighted by molar-refractivity contribution is 0.242. The van der Waals surface area contributed by atoms with E-state index in [1.165, 1.54) is 4.57 Å². The van der Waals surface area contributed by atoms with Gasteiger partial charge in [-0.25, -0.2) is 0 Å². The van der Waals surface area contributed by atoms with E-state index in [0.717, 1.165) is 11.1 Å². The Hall–Kier alpha value is -1.81. The Labute approximate surface area is 105 Å². The summed E-state index contributed by atoms with van der Waals surface area (Å²) in [5.74, 6) is 0.761. The molecule has 0 radical (unpaired) electrons. The summed E-state index contributed by atoms with van der Waals surface area (Å²) in [6.45, 7) is 4.20. The molecule has 1 aromatic carbocycles. The first-order valence-electron chi connectivity index (χ1n) is 6.02. The standard InChI is InChI=1S/C14H17NO3/c1-10(2)18-12-3-4-13-11(9-12)5-6-15(7-8-16)14(13)17/h3-6,9-10,16H,7-8H2,1-2H3. The minimum absolute atomic E-state index is 0.0417. The molecular weight excluding hydrogens is 230 g/mol. The average Bonchev–Trinajstić information content (AvgIpc) is 2.32. The number of rotatable bonds is 4. The fourth-order valence-corrected chi connectivity index (χ4v) is 1.90. The van der Waals surface area contributed by atoms with Crippen molar-refractivity contribution in [3.8, 4) is 5.75 Å². The number of fused-ring (bicyclic) bond motifs is 1. The van der Waals surface area contributed by atoms with Crippen molar-refractivity contribution in [1.29, 1.82) is 0 Å². The number of ether oxygens (including phenoxy) is 1. The van der Waals surface area contributed by atoms with Crippen LogP contribution in [-0.4, -0.2) is 22.4 Å². The molecule has 0 bridgehead atoms. The second kappa shape index (κ2) is 5.23. The van der Waals surface area contributed by atoms with Crippen LogP contribution in [-0.2, 0) is 6.54 Å². The van der Waals surface area contributed by atoms with E-state index in [4.69, 9.17) is 9.84 Å². The van der Waals surface area contributed by atoms with Gasteiger partial charge in [-0.05, 0) is 43.5 Å². The van der Waals surface area contributed by atoms with Crippen molar-refractivity contribution >= 4 is 10.8 Å². The van der Waals surface area contributed by atoms with Gasteiger partial charge in [0.2, 0.25) is 0 Å². The molecule has 4 nitrogen and oxygen atoms in total. The summed E-state index contributed by atoms with van der Waals surface area (Å²) in [5, 5.41) is 10.4. The molecule has 4 heteroatoms. The molecular formula is C14H17NO3. The molecule has 1 N–H and O–H groups in total. The maximum Gasteiger partial charge on any atom is 0.258 e. The van der Waals surface area contributed by atoms with Gasteiger partial charge in [0.15, 0.2) is 0 Å². The molecule has 0 atom stereocenters. The number of pyridine rings is 1. The van der Waals surface area contributed by atoms with Gasteiger partial charge in [0.25, 0.3) is 5.56 Å². The second-order valence-electron chi connectivity index (χ2n) is 4.45. The number of aliphatic hydroxyl groups is 1. The van der Waals surface area contributed by atoms with Crippen molar-refractivity contribution < 1.29 is 9.84 Å². The molecule has 0 amide bonds. The number of hydrogen-bond acceptors (Lipinski definition) is 3. The molecule has 0 aliphatic heterocycles. The van der Waals surface area contributed by atoms with Gasteiger partial charge in [-0.3, -0.25) is 4.79 Å². The predicted octanol–water partition coefficient (Wildman–Crippen LogP) is 1.78. The van der Waals surface area contributed by atoms with E-state index in [1.807, 2.05) is 26.0 Å². The Morgan fingerprint density at radius 3 is 2.78 bits per heavy atom. The SMILES string of the molecule is CC(C)Oc1ccc2c(=O)n(CCO)ccc2c1. The minimum Gasteiger partial charge on any atom is -0.491 e. The highest BCUT2D eigenvalue weighted by Crippen LogP contribution is 2.19. The summed E-state index contributed by atoms with van der Waals surface area (Å²) < 4.78 is 7.10. The van der Waals surface area contributed by atoms with Gasteiger partial charge in [-0.1, -0.05) is 0 Å². The van der Waals surface area contributed by atoms with Crippen LogP contribution < -0.4 is 10.3 Å². The fourth-order valence-electron chi connectivity index (χ4n) is 1.90. The Balaban J connectivity index is 2.47. The minimum atomic E-state index is -0.0855. The maximum absolute atomic E-state index is 12.1. The van der Waals surface area contributed by atoms with Crippen molar-refractivity contribution in [2.24, 2.45) is 0 Å². The Morgan fingerprint density at radius 1 is 1.33 bits per heavy atom. The van der Waals surface area contributed by atoms with Gasteiger partial charge in [-0.2, -0.15) is 0 Å². The van der Waals surface area contributed by atoms with E-state index >= 15 is 0 Å². The van der Waals surface area contributed by atoms with Crippen molar-refractivity contribution in [2.75, 3.05) is 6.61 Å². The molecule has 0 spiro atoms. The lowest BCUT2D eigenvalue weighted by atomic mass is 10.1. The van der Waals surface area contributed by atoms with Crippen LogP contribution in [0.1, 0.15) is 13.8 Å². The summed E-state index contributed by atoms with van der Waals surface area (Å²) in [4.78, 5) is 12.1. The van der Waals surface area contributed by atoms with Gasteiger partial charge in [-0.15, -0.1) is 0 Å². The van der Waals surface area contributed by atoms with Crippen LogP contribution in [0, 0.1) is 0 Å². The molecule has 2 aromatic rings. The first kappa shape index (κ1) is 12.6. The highest BCUT2D eigenvalue weighted by molar-refractivity contribution is 5.82. The summed E-state index contributed by atoms with van der Waals surface area (Å²) in [6, 6.07) is 7.29. The first-order valence-corrected chi connectivity index (χ1v) is 6.02. The van der Waals surface area contributed by atoms with Crippen LogP contribution in [0.5, 0.6) is 5.75 Å². The third-order valence-electron chi connectivity index (χ3n) is 2.66. The molecule has 0 aliphatic carbocycles. The van der Waals surface area contributed by atoms with Crippen molar-refractivity contribution in [3.05, 3.63) is 40.8 Å². The van der Waals surface area contributed by atoms with Crippen LogP contribution in [0.15, 0.2) is 35.3 Å². The molecule has 2 rings (SSSR count). The van der Waals surface area contributed by atoms with E-state index in [1.54, 1.807) is 18.3 Å². The van der Waals surface area contributed by atoms with Gasteiger partial charge >= 0.3 is 0 Å². The Morgan fingerprint density at radius 2 is 2.11 bits per heavy atom. The van der Waals surface area contributed by atoms with Gasteiger partial charge in [0.1, 0.15) is 5.75 Å². The van der Waals surface area contributed by atoms with Gasteiger partial charge in [0.05, 0.1) is 12.7 Å². The highest BCUT2D eigenvalue weighted by Gasteiger charge is 2.04. The summed E-state index contributed by atoms with van der Waals surface area (Å²) in [6.07, 6.45) is 1.80. The molecule has 18 heavy (non-hydrogen) atoms. The van der Waals surface area contributed by atoms with Gasteiger partial charge in [0, 0.05) is 18.1 Å². The highest BCUT2D eigenvalue weighted by atomic mass is 16.5. The van der Waals surface area contributed by atoms with Crippen molar-refractivity contribution in [1.82, 2.24) is 4.57 Å². The van der Waals surface area contributed by atoms with E-state index in [2.05, 4.69) is 0 Å². The van der Waals surface area contributed by atoms with Crippen LogP contribution >= 0.6 is 0 Å². The summed E-state index contributed by atoms with van der Waals surface area (Å²) in [7, 11) is 0. The lowest BCUT2D eigenvalue weighted by Gasteiger charge is -2.11. The van der Waals surface area contributed by atoms with Gasteiger partial charge < -0.3 is 14.4 Å². The average molecular weight is 247 g/mol. The number of benzene rings is 1. The monoisotopic (exact) mass is 247 g/mol. The normalized spacial score (nSPS) is 11.1. The third kappa shape index (κ3) is 2.54. The van der Waals surface area contributed by atoms with Crippen molar-refractivity contribution in [2.45, 2.75) is 26.5 Å². The van der Waals surface area contributed by atoms with E-state index in [0.29, 0.717) is 11.9 Å². The number of hydrogen-bond donors (Lipinski definition) is 1. The molecule has 0 saturated carbocycles. The molecule has 0 aliphatic rings. The largest absolute Gasteiger partial charge is 0.491 e. The summed E-state index contributed by atoms with van der Waals surface area (Å²) in [5.41, 5.74) is -0.0855. The number of aromatic nitrogens is 1. The second-order valence-corrected chi connectivity index (χ2v) is 4.45. The molecule has 0 saturated heterocycles. The van der Waals surface area contributed by atoms with Crippen molar-refractivity contribution in [3.63, 3.8) is 0 Å². The smallest absolute Gasteiger partial charge is 0.258 e. The zero-order chi connectivity index (χ0) is 13.1. The number of aliphatic hydroxyl groups excluding tert-OH is 1. The summed E-state index contributed by atoms with van der Waals surface area (Å²) >= 11 is 0. The molecule has 1 aromatic heterocycles. The molecule has 1 heterocycles.